The van der Waals surface area contributed by atoms with Crippen molar-refractivity contribution in [3.63, 3.8) is 0 Å². The van der Waals surface area contributed by atoms with Crippen LogP contribution in [0.3, 0.4) is 0 Å². The molecular formula is C13H14F3NO. The van der Waals surface area contributed by atoms with E-state index in [2.05, 4.69) is 4.99 Å². The molecule has 0 spiro atoms. The van der Waals surface area contributed by atoms with Gasteiger partial charge in [-0.25, -0.2) is 0 Å². The fourth-order valence-corrected chi connectivity index (χ4v) is 1.71. The van der Waals surface area contributed by atoms with E-state index in [1.807, 2.05) is 6.92 Å². The van der Waals surface area contributed by atoms with Gasteiger partial charge in [0.15, 0.2) is 0 Å². The van der Waals surface area contributed by atoms with Crippen LogP contribution >= 0.6 is 0 Å². The van der Waals surface area contributed by atoms with Crippen molar-refractivity contribution in [1.82, 2.24) is 0 Å². The SMILES string of the molecule is CCCOCc1ccc(C2(C(F)(F)F)C=N2)cc1. The third-order valence-electron chi connectivity index (χ3n) is 2.83. The van der Waals surface area contributed by atoms with Crippen molar-refractivity contribution < 1.29 is 17.9 Å². The van der Waals surface area contributed by atoms with Crippen molar-refractivity contribution >= 4 is 6.21 Å². The standard InChI is InChI=1S/C13H14F3NO/c1-2-7-18-8-10-3-5-11(6-4-10)12(9-17-12)13(14,15)16/h3-6,9H,2,7-8H2,1H3. The maximum absolute atomic E-state index is 12.8. The van der Waals surface area contributed by atoms with E-state index in [0.29, 0.717) is 13.2 Å². The number of rotatable bonds is 5. The van der Waals surface area contributed by atoms with E-state index >= 15 is 0 Å². The first-order chi connectivity index (χ1) is 8.49. The summed E-state index contributed by atoms with van der Waals surface area (Å²) in [7, 11) is 0. The normalized spacial score (nSPS) is 22.2. The van der Waals surface area contributed by atoms with Crippen molar-refractivity contribution in [1.29, 1.82) is 0 Å². The van der Waals surface area contributed by atoms with E-state index in [0.717, 1.165) is 18.2 Å². The van der Waals surface area contributed by atoms with Gasteiger partial charge in [-0.3, -0.25) is 4.99 Å². The monoisotopic (exact) mass is 257 g/mol. The van der Waals surface area contributed by atoms with Crippen molar-refractivity contribution in [2.75, 3.05) is 6.61 Å². The molecule has 0 N–H and O–H groups in total. The van der Waals surface area contributed by atoms with Crippen LogP contribution in [0.25, 0.3) is 0 Å². The van der Waals surface area contributed by atoms with Gasteiger partial charge in [0.2, 0.25) is 5.54 Å². The Morgan fingerprint density at radius 1 is 1.22 bits per heavy atom. The molecule has 1 unspecified atom stereocenters. The van der Waals surface area contributed by atoms with Crippen LogP contribution in [0.2, 0.25) is 0 Å². The second kappa shape index (κ2) is 4.72. The Morgan fingerprint density at radius 3 is 2.28 bits per heavy atom. The van der Waals surface area contributed by atoms with Gasteiger partial charge in [0, 0.05) is 12.8 Å². The first-order valence-corrected chi connectivity index (χ1v) is 5.80. The second-order valence-corrected chi connectivity index (χ2v) is 4.27. The lowest BCUT2D eigenvalue weighted by Crippen LogP contribution is -2.31. The fourth-order valence-electron chi connectivity index (χ4n) is 1.71. The van der Waals surface area contributed by atoms with Crippen molar-refractivity contribution in [2.45, 2.75) is 31.7 Å². The van der Waals surface area contributed by atoms with Crippen LogP contribution < -0.4 is 0 Å². The fraction of sp³-hybridized carbons (Fsp3) is 0.462. The Hall–Kier alpha value is -1.36. The molecule has 0 saturated carbocycles. The number of aliphatic imine (C=N–C) groups is 1. The van der Waals surface area contributed by atoms with Crippen molar-refractivity contribution in [3.05, 3.63) is 35.4 Å². The highest BCUT2D eigenvalue weighted by Gasteiger charge is 2.61. The van der Waals surface area contributed by atoms with Gasteiger partial charge in [-0.15, -0.1) is 0 Å². The first-order valence-electron chi connectivity index (χ1n) is 5.80. The summed E-state index contributed by atoms with van der Waals surface area (Å²) in [4.78, 5) is 3.40. The summed E-state index contributed by atoms with van der Waals surface area (Å²) in [6, 6.07) is 6.23. The average molecular weight is 257 g/mol. The predicted molar refractivity (Wildman–Crippen MR) is 62.6 cm³/mol. The molecule has 0 aromatic heterocycles. The highest BCUT2D eigenvalue weighted by atomic mass is 19.4. The van der Waals surface area contributed by atoms with Gasteiger partial charge >= 0.3 is 6.18 Å². The molecule has 1 aliphatic heterocycles. The zero-order valence-corrected chi connectivity index (χ0v) is 10.00. The molecule has 1 heterocycles. The Labute approximate surface area is 103 Å². The number of ether oxygens (including phenoxy) is 1. The van der Waals surface area contributed by atoms with Crippen LogP contribution in [-0.4, -0.2) is 19.0 Å². The number of benzene rings is 1. The minimum absolute atomic E-state index is 0.161. The summed E-state index contributed by atoms with van der Waals surface area (Å²) in [5.41, 5.74) is -1.05. The minimum Gasteiger partial charge on any atom is -0.377 e. The molecule has 1 aliphatic rings. The quantitative estimate of drug-likeness (QED) is 0.740. The third kappa shape index (κ3) is 2.41. The number of hydrogen-bond acceptors (Lipinski definition) is 2. The lowest BCUT2D eigenvalue weighted by Gasteiger charge is -2.17. The molecule has 0 amide bonds. The third-order valence-corrected chi connectivity index (χ3v) is 2.83. The zero-order chi connectivity index (χ0) is 13.2. The number of nitrogens with zero attached hydrogens (tertiary/aromatic N) is 1. The molecule has 1 aromatic carbocycles. The molecule has 0 aliphatic carbocycles. The molecule has 5 heteroatoms. The lowest BCUT2D eigenvalue weighted by atomic mass is 9.96. The Morgan fingerprint density at radius 2 is 1.83 bits per heavy atom. The van der Waals surface area contributed by atoms with Crippen LogP contribution in [0.5, 0.6) is 0 Å². The second-order valence-electron chi connectivity index (χ2n) is 4.27. The Balaban J connectivity index is 2.05. The van der Waals surface area contributed by atoms with Crippen LogP contribution in [0.4, 0.5) is 13.2 Å². The molecule has 98 valence electrons. The summed E-state index contributed by atoms with van der Waals surface area (Å²) in [5.74, 6) is 0. The van der Waals surface area contributed by atoms with Gasteiger partial charge in [-0.1, -0.05) is 31.2 Å². The Kier molecular flexibility index (Phi) is 3.43. The topological polar surface area (TPSA) is 21.6 Å². The summed E-state index contributed by atoms with van der Waals surface area (Å²) < 4.78 is 43.7. The van der Waals surface area contributed by atoms with Crippen LogP contribution in [0, 0.1) is 0 Å². The first kappa shape index (κ1) is 13.1. The molecule has 2 rings (SSSR count). The summed E-state index contributed by atoms with van der Waals surface area (Å²) in [6.45, 7) is 3.08. The molecule has 1 atom stereocenters. The van der Waals surface area contributed by atoms with E-state index < -0.39 is 11.7 Å². The van der Waals surface area contributed by atoms with Crippen molar-refractivity contribution in [3.8, 4) is 0 Å². The number of halogens is 3. The predicted octanol–water partition coefficient (Wildman–Crippen LogP) is 3.46. The molecule has 0 radical (unpaired) electrons. The van der Waals surface area contributed by atoms with Gasteiger partial charge in [0.1, 0.15) is 0 Å². The molecule has 2 nitrogen and oxygen atoms in total. The maximum atomic E-state index is 12.8. The summed E-state index contributed by atoms with van der Waals surface area (Å²) >= 11 is 0. The van der Waals surface area contributed by atoms with Crippen LogP contribution in [0.1, 0.15) is 24.5 Å². The smallest absolute Gasteiger partial charge is 0.377 e. The molecule has 0 saturated heterocycles. The van der Waals surface area contributed by atoms with E-state index in [-0.39, 0.29) is 5.56 Å². The maximum Gasteiger partial charge on any atom is 0.422 e. The number of alkyl halides is 3. The van der Waals surface area contributed by atoms with Gasteiger partial charge in [0.25, 0.3) is 0 Å². The lowest BCUT2D eigenvalue weighted by molar-refractivity contribution is -0.156. The van der Waals surface area contributed by atoms with Gasteiger partial charge in [-0.05, 0) is 17.5 Å². The molecular weight excluding hydrogens is 243 g/mol. The molecule has 1 aromatic rings. The van der Waals surface area contributed by atoms with Crippen molar-refractivity contribution in [2.24, 2.45) is 4.99 Å². The summed E-state index contributed by atoms with van der Waals surface area (Å²) in [6.07, 6.45) is -2.49. The van der Waals surface area contributed by atoms with Crippen LogP contribution in [0.15, 0.2) is 29.3 Å². The largest absolute Gasteiger partial charge is 0.422 e. The molecule has 0 fully saturated rings. The minimum atomic E-state index is -4.35. The Bertz CT molecular complexity index is 431. The van der Waals surface area contributed by atoms with E-state index in [1.165, 1.54) is 12.1 Å². The average Bonchev–Trinajstić information content (AvgIpc) is 3.11. The summed E-state index contributed by atoms with van der Waals surface area (Å²) in [5, 5.41) is 0. The highest BCUT2D eigenvalue weighted by molar-refractivity contribution is 5.87. The molecule has 0 bridgehead atoms. The van der Waals surface area contributed by atoms with Gasteiger partial charge in [-0.2, -0.15) is 13.2 Å². The van der Waals surface area contributed by atoms with E-state index in [4.69, 9.17) is 4.74 Å². The van der Waals surface area contributed by atoms with E-state index in [9.17, 15) is 13.2 Å². The number of hydrogen-bond donors (Lipinski definition) is 0. The van der Waals surface area contributed by atoms with E-state index in [1.54, 1.807) is 12.1 Å². The van der Waals surface area contributed by atoms with Gasteiger partial charge in [0.05, 0.1) is 6.61 Å². The van der Waals surface area contributed by atoms with Crippen LogP contribution in [-0.2, 0) is 16.9 Å². The highest BCUT2D eigenvalue weighted by Crippen LogP contribution is 2.47. The molecule has 18 heavy (non-hydrogen) atoms. The zero-order valence-electron chi connectivity index (χ0n) is 10.00. The van der Waals surface area contributed by atoms with Gasteiger partial charge < -0.3 is 4.74 Å².